The van der Waals surface area contributed by atoms with Crippen molar-refractivity contribution in [1.29, 1.82) is 0 Å². The van der Waals surface area contributed by atoms with Gasteiger partial charge in [0.05, 0.1) is 23.7 Å². The average molecular weight is 272 g/mol. The zero-order valence-electron chi connectivity index (χ0n) is 10.2. The van der Waals surface area contributed by atoms with Crippen LogP contribution in [0.4, 0.5) is 15.8 Å². The van der Waals surface area contributed by atoms with E-state index in [0.717, 1.165) is 6.07 Å². The molecule has 0 aromatic heterocycles. The van der Waals surface area contributed by atoms with E-state index >= 15 is 0 Å². The highest BCUT2D eigenvalue weighted by Crippen LogP contribution is 2.32. The van der Waals surface area contributed by atoms with E-state index in [4.69, 9.17) is 9.84 Å². The summed E-state index contributed by atoms with van der Waals surface area (Å²) in [4.78, 5) is 20.8. The van der Waals surface area contributed by atoms with Crippen LogP contribution in [0.1, 0.15) is 13.3 Å². The van der Waals surface area contributed by atoms with E-state index in [0.29, 0.717) is 6.07 Å². The minimum absolute atomic E-state index is 0.0453. The standard InChI is InChI=1S/C11H13FN2O5/c1-7(16)13-11-9(12)5-8(14(17)18)6-10(11)19-4-2-3-15/h5-6,15H,2-4H2,1H3,(H,13,16). The molecule has 0 fully saturated rings. The maximum atomic E-state index is 13.7. The van der Waals surface area contributed by atoms with Gasteiger partial charge in [0, 0.05) is 20.0 Å². The summed E-state index contributed by atoms with van der Waals surface area (Å²) in [7, 11) is 0. The van der Waals surface area contributed by atoms with Crippen molar-refractivity contribution in [3.8, 4) is 5.75 Å². The van der Waals surface area contributed by atoms with Crippen molar-refractivity contribution in [3.05, 3.63) is 28.1 Å². The average Bonchev–Trinajstić information content (AvgIpc) is 2.32. The Morgan fingerprint density at radius 3 is 2.79 bits per heavy atom. The number of hydrogen-bond acceptors (Lipinski definition) is 5. The summed E-state index contributed by atoms with van der Waals surface area (Å²) in [5, 5.41) is 21.5. The molecule has 0 spiro atoms. The maximum absolute atomic E-state index is 13.7. The second-order valence-electron chi connectivity index (χ2n) is 3.66. The highest BCUT2D eigenvalue weighted by atomic mass is 19.1. The van der Waals surface area contributed by atoms with E-state index < -0.39 is 22.3 Å². The summed E-state index contributed by atoms with van der Waals surface area (Å²) in [6.07, 6.45) is 0.282. The van der Waals surface area contributed by atoms with Crippen LogP contribution in [0.25, 0.3) is 0 Å². The number of aliphatic hydroxyl groups excluding tert-OH is 1. The molecule has 8 heteroatoms. The lowest BCUT2D eigenvalue weighted by atomic mass is 10.2. The molecule has 0 heterocycles. The third kappa shape index (κ3) is 4.18. The van der Waals surface area contributed by atoms with E-state index in [2.05, 4.69) is 5.32 Å². The largest absolute Gasteiger partial charge is 0.491 e. The van der Waals surface area contributed by atoms with Gasteiger partial charge in [-0.3, -0.25) is 14.9 Å². The summed E-state index contributed by atoms with van der Waals surface area (Å²) < 4.78 is 18.8. The molecule has 0 aliphatic rings. The number of amides is 1. The summed E-state index contributed by atoms with van der Waals surface area (Å²) in [5.74, 6) is -1.63. The Morgan fingerprint density at radius 2 is 2.26 bits per heavy atom. The van der Waals surface area contributed by atoms with E-state index in [1.807, 2.05) is 0 Å². The van der Waals surface area contributed by atoms with Crippen molar-refractivity contribution in [3.63, 3.8) is 0 Å². The summed E-state index contributed by atoms with van der Waals surface area (Å²) in [5.41, 5.74) is -0.735. The third-order valence-electron chi connectivity index (χ3n) is 2.11. The number of nitrogens with zero attached hydrogens (tertiary/aromatic N) is 1. The molecular weight excluding hydrogens is 259 g/mol. The van der Waals surface area contributed by atoms with Gasteiger partial charge in [-0.1, -0.05) is 0 Å². The molecule has 1 rings (SSSR count). The van der Waals surface area contributed by atoms with Gasteiger partial charge in [-0.15, -0.1) is 0 Å². The molecule has 7 nitrogen and oxygen atoms in total. The fraction of sp³-hybridized carbons (Fsp3) is 0.364. The summed E-state index contributed by atoms with van der Waals surface area (Å²) in [6.45, 7) is 1.09. The van der Waals surface area contributed by atoms with Gasteiger partial charge in [0.2, 0.25) is 5.91 Å². The molecule has 1 amide bonds. The number of nitro groups is 1. The number of aliphatic hydroxyl groups is 1. The predicted octanol–water partition coefficient (Wildman–Crippen LogP) is 1.45. The topological polar surface area (TPSA) is 102 Å². The van der Waals surface area contributed by atoms with Crippen molar-refractivity contribution >= 4 is 17.3 Å². The number of halogens is 1. The third-order valence-corrected chi connectivity index (χ3v) is 2.11. The van der Waals surface area contributed by atoms with Gasteiger partial charge in [-0.2, -0.15) is 0 Å². The Bertz CT molecular complexity index is 492. The normalized spacial score (nSPS) is 10.1. The van der Waals surface area contributed by atoms with Crippen LogP contribution in [0.3, 0.4) is 0 Å². The van der Waals surface area contributed by atoms with Gasteiger partial charge in [-0.05, 0) is 0 Å². The molecule has 19 heavy (non-hydrogen) atoms. The van der Waals surface area contributed by atoms with Gasteiger partial charge < -0.3 is 15.2 Å². The van der Waals surface area contributed by atoms with Crippen LogP contribution < -0.4 is 10.1 Å². The van der Waals surface area contributed by atoms with Crippen LogP contribution in [0.5, 0.6) is 5.75 Å². The smallest absolute Gasteiger partial charge is 0.276 e. The molecule has 1 aromatic rings. The number of carbonyl (C=O) groups is 1. The van der Waals surface area contributed by atoms with Gasteiger partial charge >= 0.3 is 0 Å². The van der Waals surface area contributed by atoms with E-state index in [9.17, 15) is 19.3 Å². The highest BCUT2D eigenvalue weighted by molar-refractivity contribution is 5.90. The molecule has 0 saturated carbocycles. The van der Waals surface area contributed by atoms with E-state index in [1.54, 1.807) is 0 Å². The molecular formula is C11H13FN2O5. The van der Waals surface area contributed by atoms with Crippen LogP contribution in [-0.4, -0.2) is 29.2 Å². The molecule has 1 aromatic carbocycles. The molecule has 2 N–H and O–H groups in total. The lowest BCUT2D eigenvalue weighted by Gasteiger charge is -2.12. The number of ether oxygens (including phenoxy) is 1. The van der Waals surface area contributed by atoms with E-state index in [-0.39, 0.29) is 31.1 Å². The number of hydrogen-bond donors (Lipinski definition) is 2. The Hall–Kier alpha value is -2.22. The molecule has 0 saturated heterocycles. The molecule has 0 bridgehead atoms. The van der Waals surface area contributed by atoms with Gasteiger partial charge in [0.1, 0.15) is 5.69 Å². The second kappa shape index (κ2) is 6.64. The molecule has 0 unspecified atom stereocenters. The summed E-state index contributed by atoms with van der Waals surface area (Å²) >= 11 is 0. The van der Waals surface area contributed by atoms with Crippen LogP contribution in [0, 0.1) is 15.9 Å². The number of rotatable bonds is 6. The quantitative estimate of drug-likeness (QED) is 0.463. The number of carbonyl (C=O) groups excluding carboxylic acids is 1. The van der Waals surface area contributed by atoms with Crippen LogP contribution >= 0.6 is 0 Å². The summed E-state index contributed by atoms with van der Waals surface area (Å²) in [6, 6.07) is 1.72. The van der Waals surface area contributed by atoms with Crippen LogP contribution in [0.2, 0.25) is 0 Å². The first-order valence-corrected chi connectivity index (χ1v) is 5.45. The SMILES string of the molecule is CC(=O)Nc1c(F)cc([N+](=O)[O-])cc1OCCCO. The number of benzene rings is 1. The van der Waals surface area contributed by atoms with E-state index in [1.165, 1.54) is 6.92 Å². The first-order valence-electron chi connectivity index (χ1n) is 5.45. The fourth-order valence-corrected chi connectivity index (χ4v) is 1.33. The number of anilines is 1. The molecule has 0 aliphatic heterocycles. The van der Waals surface area contributed by atoms with Crippen molar-refractivity contribution < 1.29 is 24.0 Å². The van der Waals surface area contributed by atoms with Crippen molar-refractivity contribution in [2.75, 3.05) is 18.5 Å². The zero-order chi connectivity index (χ0) is 14.4. The lowest BCUT2D eigenvalue weighted by molar-refractivity contribution is -0.385. The fourth-order valence-electron chi connectivity index (χ4n) is 1.33. The highest BCUT2D eigenvalue weighted by Gasteiger charge is 2.18. The number of nitrogens with one attached hydrogen (secondary N) is 1. The van der Waals surface area contributed by atoms with Crippen molar-refractivity contribution in [2.45, 2.75) is 13.3 Å². The van der Waals surface area contributed by atoms with Crippen LogP contribution in [-0.2, 0) is 4.79 Å². The molecule has 0 atom stereocenters. The number of nitro benzene ring substituents is 1. The Balaban J connectivity index is 3.11. The Morgan fingerprint density at radius 1 is 1.58 bits per heavy atom. The first-order chi connectivity index (χ1) is 8.95. The lowest BCUT2D eigenvalue weighted by Crippen LogP contribution is -2.11. The zero-order valence-corrected chi connectivity index (χ0v) is 10.2. The molecule has 0 aliphatic carbocycles. The number of non-ortho nitro benzene ring substituents is 1. The van der Waals surface area contributed by atoms with Gasteiger partial charge in [0.15, 0.2) is 11.6 Å². The molecule has 0 radical (unpaired) electrons. The van der Waals surface area contributed by atoms with Crippen molar-refractivity contribution in [1.82, 2.24) is 0 Å². The van der Waals surface area contributed by atoms with Crippen LogP contribution in [0.15, 0.2) is 12.1 Å². The first kappa shape index (κ1) is 14.8. The van der Waals surface area contributed by atoms with Crippen molar-refractivity contribution in [2.24, 2.45) is 0 Å². The second-order valence-corrected chi connectivity index (χ2v) is 3.66. The monoisotopic (exact) mass is 272 g/mol. The van der Waals surface area contributed by atoms with Gasteiger partial charge in [0.25, 0.3) is 5.69 Å². The van der Waals surface area contributed by atoms with Gasteiger partial charge in [-0.25, -0.2) is 4.39 Å². The molecule has 104 valence electrons. The Kier molecular flexibility index (Phi) is 5.19. The maximum Gasteiger partial charge on any atom is 0.276 e. The predicted molar refractivity (Wildman–Crippen MR) is 64.6 cm³/mol. The minimum atomic E-state index is -0.955. The minimum Gasteiger partial charge on any atom is -0.491 e. The Labute approximate surface area is 108 Å².